The minimum absolute atomic E-state index is 0.669. The van der Waals surface area contributed by atoms with E-state index in [0.29, 0.717) is 5.41 Å². The van der Waals surface area contributed by atoms with Gasteiger partial charge in [-0.25, -0.2) is 0 Å². The molecule has 0 radical (unpaired) electrons. The third-order valence-electron chi connectivity index (χ3n) is 4.01. The second-order valence-corrected chi connectivity index (χ2v) is 4.95. The summed E-state index contributed by atoms with van der Waals surface area (Å²) in [5, 5.41) is 0. The first-order chi connectivity index (χ1) is 6.85. The molecule has 14 heavy (non-hydrogen) atoms. The molecule has 2 fully saturated rings. The van der Waals surface area contributed by atoms with Gasteiger partial charge in [-0.2, -0.15) is 0 Å². The predicted molar refractivity (Wildman–Crippen MR) is 58.5 cm³/mol. The Bertz CT molecular complexity index is 165. The zero-order chi connectivity index (χ0) is 9.86. The van der Waals surface area contributed by atoms with Gasteiger partial charge >= 0.3 is 0 Å². The summed E-state index contributed by atoms with van der Waals surface area (Å²) in [6.07, 6.45) is 6.75. The van der Waals surface area contributed by atoms with E-state index in [0.717, 1.165) is 13.2 Å². The van der Waals surface area contributed by atoms with E-state index < -0.39 is 0 Å². The van der Waals surface area contributed by atoms with Crippen molar-refractivity contribution >= 4 is 0 Å². The van der Waals surface area contributed by atoms with Crippen LogP contribution in [0.25, 0.3) is 0 Å². The van der Waals surface area contributed by atoms with Crippen molar-refractivity contribution < 1.29 is 4.74 Å². The van der Waals surface area contributed by atoms with Gasteiger partial charge in [-0.3, -0.25) is 0 Å². The van der Waals surface area contributed by atoms with Crippen molar-refractivity contribution in [3.63, 3.8) is 0 Å². The first kappa shape index (κ1) is 10.4. The minimum atomic E-state index is 0.669. The molecule has 1 spiro atoms. The van der Waals surface area contributed by atoms with Gasteiger partial charge in [0.05, 0.1) is 0 Å². The Balaban J connectivity index is 1.81. The van der Waals surface area contributed by atoms with Crippen LogP contribution in [-0.4, -0.2) is 37.7 Å². The van der Waals surface area contributed by atoms with Crippen molar-refractivity contribution in [3.8, 4) is 0 Å². The first-order valence-corrected chi connectivity index (χ1v) is 6.15. The molecule has 0 aromatic heterocycles. The van der Waals surface area contributed by atoms with E-state index in [1.807, 2.05) is 0 Å². The van der Waals surface area contributed by atoms with E-state index in [4.69, 9.17) is 4.74 Å². The molecule has 2 heteroatoms. The van der Waals surface area contributed by atoms with Crippen molar-refractivity contribution in [2.45, 2.75) is 39.0 Å². The van der Waals surface area contributed by atoms with Crippen molar-refractivity contribution in [2.75, 3.05) is 32.8 Å². The molecule has 0 amide bonds. The number of likely N-dealkylation sites (tertiary alicyclic amines) is 1. The standard InChI is InChI=1S/C12H23NO/c1-2-7-13-8-3-12(4-9-13)5-10-14-11-6-12/h2-11H2,1H3. The molecule has 2 aliphatic rings. The molecule has 0 bridgehead atoms. The largest absolute Gasteiger partial charge is 0.381 e. The van der Waals surface area contributed by atoms with Crippen molar-refractivity contribution in [1.29, 1.82) is 0 Å². The Hall–Kier alpha value is -0.0800. The average molecular weight is 197 g/mol. The highest BCUT2D eigenvalue weighted by Crippen LogP contribution is 2.40. The monoisotopic (exact) mass is 197 g/mol. The average Bonchev–Trinajstić information content (AvgIpc) is 2.24. The maximum atomic E-state index is 5.46. The van der Waals surface area contributed by atoms with E-state index in [1.54, 1.807) is 0 Å². The normalized spacial score (nSPS) is 28.1. The number of rotatable bonds is 2. The summed E-state index contributed by atoms with van der Waals surface area (Å²) in [4.78, 5) is 2.63. The third kappa shape index (κ3) is 2.29. The van der Waals surface area contributed by atoms with Crippen LogP contribution in [0.4, 0.5) is 0 Å². The number of nitrogens with zero attached hydrogens (tertiary/aromatic N) is 1. The molecule has 0 saturated carbocycles. The lowest BCUT2D eigenvalue weighted by Gasteiger charge is -2.44. The Labute approximate surface area is 87.6 Å². The molecule has 2 nitrogen and oxygen atoms in total. The second-order valence-electron chi connectivity index (χ2n) is 4.95. The summed E-state index contributed by atoms with van der Waals surface area (Å²) in [6.45, 7) is 8.24. The lowest BCUT2D eigenvalue weighted by molar-refractivity contribution is -0.0204. The van der Waals surface area contributed by atoms with E-state index in [-0.39, 0.29) is 0 Å². The predicted octanol–water partition coefficient (Wildman–Crippen LogP) is 2.29. The highest BCUT2D eigenvalue weighted by atomic mass is 16.5. The van der Waals surface area contributed by atoms with Gasteiger partial charge in [-0.05, 0) is 57.2 Å². The van der Waals surface area contributed by atoms with Crippen LogP contribution < -0.4 is 0 Å². The number of ether oxygens (including phenoxy) is 1. The lowest BCUT2D eigenvalue weighted by Crippen LogP contribution is -2.43. The highest BCUT2D eigenvalue weighted by molar-refractivity contribution is 4.87. The third-order valence-corrected chi connectivity index (χ3v) is 4.01. The van der Waals surface area contributed by atoms with Gasteiger partial charge in [0.25, 0.3) is 0 Å². The topological polar surface area (TPSA) is 12.5 Å². The van der Waals surface area contributed by atoms with Crippen LogP contribution in [0.5, 0.6) is 0 Å². The molecule has 2 heterocycles. The molecule has 0 unspecified atom stereocenters. The Morgan fingerprint density at radius 1 is 1.07 bits per heavy atom. The molecule has 0 aliphatic carbocycles. The van der Waals surface area contributed by atoms with Gasteiger partial charge in [0.15, 0.2) is 0 Å². The fourth-order valence-corrected chi connectivity index (χ4v) is 2.87. The van der Waals surface area contributed by atoms with Crippen LogP contribution in [-0.2, 0) is 4.74 Å². The lowest BCUT2D eigenvalue weighted by atomic mass is 9.72. The van der Waals surface area contributed by atoms with E-state index >= 15 is 0 Å². The molecular formula is C12H23NO. The first-order valence-electron chi connectivity index (χ1n) is 6.15. The van der Waals surface area contributed by atoms with Crippen LogP contribution in [0.15, 0.2) is 0 Å². The molecule has 0 aromatic rings. The van der Waals surface area contributed by atoms with E-state index in [1.165, 1.54) is 51.7 Å². The highest BCUT2D eigenvalue weighted by Gasteiger charge is 2.35. The van der Waals surface area contributed by atoms with Crippen molar-refractivity contribution in [2.24, 2.45) is 5.41 Å². The van der Waals surface area contributed by atoms with Crippen LogP contribution >= 0.6 is 0 Å². The summed E-state index contributed by atoms with van der Waals surface area (Å²) < 4.78 is 5.46. The summed E-state index contributed by atoms with van der Waals surface area (Å²) >= 11 is 0. The summed E-state index contributed by atoms with van der Waals surface area (Å²) in [5.74, 6) is 0. The quantitative estimate of drug-likeness (QED) is 0.673. The molecule has 2 rings (SSSR count). The SMILES string of the molecule is CCCN1CCC2(CCOCC2)CC1. The number of hydrogen-bond donors (Lipinski definition) is 0. The summed E-state index contributed by atoms with van der Waals surface area (Å²) in [6, 6.07) is 0. The Morgan fingerprint density at radius 2 is 1.71 bits per heavy atom. The smallest absolute Gasteiger partial charge is 0.0471 e. The second kappa shape index (κ2) is 4.63. The van der Waals surface area contributed by atoms with Crippen molar-refractivity contribution in [3.05, 3.63) is 0 Å². The maximum Gasteiger partial charge on any atom is 0.0471 e. The number of hydrogen-bond acceptors (Lipinski definition) is 2. The molecule has 0 atom stereocenters. The Kier molecular flexibility index (Phi) is 3.45. The maximum absolute atomic E-state index is 5.46. The number of piperidine rings is 1. The van der Waals surface area contributed by atoms with E-state index in [2.05, 4.69) is 11.8 Å². The van der Waals surface area contributed by atoms with Crippen molar-refractivity contribution in [1.82, 2.24) is 4.90 Å². The van der Waals surface area contributed by atoms with Gasteiger partial charge in [0.1, 0.15) is 0 Å². The van der Waals surface area contributed by atoms with Gasteiger partial charge in [0.2, 0.25) is 0 Å². The molecule has 82 valence electrons. The van der Waals surface area contributed by atoms with E-state index in [9.17, 15) is 0 Å². The molecule has 2 aliphatic heterocycles. The van der Waals surface area contributed by atoms with Gasteiger partial charge in [-0.15, -0.1) is 0 Å². The zero-order valence-electron chi connectivity index (χ0n) is 9.43. The molecule has 0 N–H and O–H groups in total. The van der Waals surface area contributed by atoms with Crippen LogP contribution in [0, 0.1) is 5.41 Å². The summed E-state index contributed by atoms with van der Waals surface area (Å²) in [7, 11) is 0. The molecular weight excluding hydrogens is 174 g/mol. The minimum Gasteiger partial charge on any atom is -0.381 e. The fraction of sp³-hybridized carbons (Fsp3) is 1.00. The zero-order valence-corrected chi connectivity index (χ0v) is 9.43. The van der Waals surface area contributed by atoms with Gasteiger partial charge < -0.3 is 9.64 Å². The van der Waals surface area contributed by atoms with Gasteiger partial charge in [0, 0.05) is 13.2 Å². The molecule has 2 saturated heterocycles. The van der Waals surface area contributed by atoms with Crippen LogP contribution in [0.1, 0.15) is 39.0 Å². The fourth-order valence-electron chi connectivity index (χ4n) is 2.87. The van der Waals surface area contributed by atoms with Gasteiger partial charge in [-0.1, -0.05) is 6.92 Å². The summed E-state index contributed by atoms with van der Waals surface area (Å²) in [5.41, 5.74) is 0.669. The molecule has 0 aromatic carbocycles. The van der Waals surface area contributed by atoms with Crippen LogP contribution in [0.3, 0.4) is 0 Å². The Morgan fingerprint density at radius 3 is 2.29 bits per heavy atom. The van der Waals surface area contributed by atoms with Crippen LogP contribution in [0.2, 0.25) is 0 Å².